The number of hydrogen-bond donors (Lipinski definition) is 1. The van der Waals surface area contributed by atoms with Crippen molar-refractivity contribution in [3.05, 3.63) is 18.3 Å². The van der Waals surface area contributed by atoms with Crippen molar-refractivity contribution in [3.8, 4) is 0 Å². The fourth-order valence-electron chi connectivity index (χ4n) is 0.978. The van der Waals surface area contributed by atoms with Gasteiger partial charge >= 0.3 is 0 Å². The quantitative estimate of drug-likeness (QED) is 0.654. The summed E-state index contributed by atoms with van der Waals surface area (Å²) in [5.74, 6) is 0.959. The van der Waals surface area contributed by atoms with E-state index in [-0.39, 0.29) is 0 Å². The van der Waals surface area contributed by atoms with E-state index < -0.39 is 0 Å². The van der Waals surface area contributed by atoms with E-state index in [9.17, 15) is 0 Å². The fourth-order valence-corrected chi connectivity index (χ4v) is 0.978. The molecule has 0 aliphatic rings. The number of nitrogens with one attached hydrogen (secondary N) is 1. The Hall–Kier alpha value is -1.45. The Kier molecular flexibility index (Phi) is 1.31. The van der Waals surface area contributed by atoms with Crippen LogP contribution >= 0.6 is 0 Å². The number of fused-ring (bicyclic) bond motifs is 1. The van der Waals surface area contributed by atoms with E-state index in [4.69, 9.17) is 0 Å². The van der Waals surface area contributed by atoms with Gasteiger partial charge in [-0.15, -0.1) is 0 Å². The van der Waals surface area contributed by atoms with Crippen LogP contribution in [0.15, 0.2) is 12.5 Å². The Balaban J connectivity index is 2.69. The number of nitrogens with zero attached hydrogens (tertiary/aromatic N) is 3. The van der Waals surface area contributed by atoms with Crippen LogP contribution in [0.3, 0.4) is 0 Å². The normalized spacial score (nSPS) is 10.6. The Morgan fingerprint density at radius 3 is 3.18 bits per heavy atom. The second-order valence-corrected chi connectivity index (χ2v) is 2.29. The summed E-state index contributed by atoms with van der Waals surface area (Å²) in [4.78, 5) is 15.2. The lowest BCUT2D eigenvalue weighted by Crippen LogP contribution is -1.80. The summed E-state index contributed by atoms with van der Waals surface area (Å²) >= 11 is 0. The van der Waals surface area contributed by atoms with E-state index in [0.717, 1.165) is 23.4 Å². The molecular weight excluding hydrogens is 140 g/mol. The molecule has 56 valence electrons. The Bertz CT molecular complexity index is 332. The number of rotatable bonds is 1. The molecule has 2 aromatic heterocycles. The summed E-state index contributed by atoms with van der Waals surface area (Å²) in [5.41, 5.74) is 1.65. The number of aromatic amines is 1. The first-order valence-corrected chi connectivity index (χ1v) is 3.54. The summed E-state index contributed by atoms with van der Waals surface area (Å²) in [6.45, 7) is 2.05. The lowest BCUT2D eigenvalue weighted by Gasteiger charge is -1.81. The molecule has 0 fully saturated rings. The molecule has 0 radical (unpaired) electrons. The molecule has 2 heterocycles. The summed E-state index contributed by atoms with van der Waals surface area (Å²) in [5, 5.41) is 0. The summed E-state index contributed by atoms with van der Waals surface area (Å²) in [6.07, 6.45) is 4.12. The highest BCUT2D eigenvalue weighted by atomic mass is 15.0. The molecule has 11 heavy (non-hydrogen) atoms. The van der Waals surface area contributed by atoms with Gasteiger partial charge in [0.1, 0.15) is 17.7 Å². The number of aryl methyl sites for hydroxylation is 1. The van der Waals surface area contributed by atoms with Crippen LogP contribution in [0.2, 0.25) is 0 Å². The van der Waals surface area contributed by atoms with Crippen LogP contribution in [0.5, 0.6) is 0 Å². The van der Waals surface area contributed by atoms with Crippen molar-refractivity contribution in [2.75, 3.05) is 0 Å². The molecule has 0 saturated carbocycles. The summed E-state index contributed by atoms with van der Waals surface area (Å²) in [6, 6.07) is 0. The maximum absolute atomic E-state index is 4.25. The minimum absolute atomic E-state index is 0.817. The van der Waals surface area contributed by atoms with Crippen LogP contribution in [0.1, 0.15) is 12.7 Å². The van der Waals surface area contributed by atoms with Crippen LogP contribution < -0.4 is 0 Å². The molecule has 2 rings (SSSR count). The molecule has 0 bridgehead atoms. The predicted molar refractivity (Wildman–Crippen MR) is 41.1 cm³/mol. The summed E-state index contributed by atoms with van der Waals surface area (Å²) < 4.78 is 0. The SMILES string of the molecule is CCc1nc2cncnc2[nH]1. The first-order chi connectivity index (χ1) is 5.40. The largest absolute Gasteiger partial charge is 0.327 e. The van der Waals surface area contributed by atoms with Gasteiger partial charge in [0.15, 0.2) is 5.65 Å². The van der Waals surface area contributed by atoms with E-state index in [0.29, 0.717) is 0 Å². The van der Waals surface area contributed by atoms with Gasteiger partial charge in [-0.2, -0.15) is 0 Å². The fraction of sp³-hybridized carbons (Fsp3) is 0.286. The molecule has 0 aromatic carbocycles. The number of imidazole rings is 1. The summed E-state index contributed by atoms with van der Waals surface area (Å²) in [7, 11) is 0. The lowest BCUT2D eigenvalue weighted by atomic mass is 10.5. The van der Waals surface area contributed by atoms with Crippen molar-refractivity contribution in [3.63, 3.8) is 0 Å². The zero-order chi connectivity index (χ0) is 7.68. The van der Waals surface area contributed by atoms with Gasteiger partial charge in [0.2, 0.25) is 0 Å². The van der Waals surface area contributed by atoms with Crippen molar-refractivity contribution in [2.24, 2.45) is 0 Å². The average Bonchev–Trinajstić information content (AvgIpc) is 2.46. The van der Waals surface area contributed by atoms with Crippen molar-refractivity contribution in [1.82, 2.24) is 19.9 Å². The van der Waals surface area contributed by atoms with Crippen molar-refractivity contribution in [1.29, 1.82) is 0 Å². The molecule has 0 unspecified atom stereocenters. The monoisotopic (exact) mass is 148 g/mol. The molecule has 0 spiro atoms. The molecular formula is C7H8N4. The zero-order valence-electron chi connectivity index (χ0n) is 6.20. The molecule has 4 heteroatoms. The first-order valence-electron chi connectivity index (χ1n) is 3.54. The number of hydrogen-bond acceptors (Lipinski definition) is 3. The molecule has 1 N–H and O–H groups in total. The zero-order valence-corrected chi connectivity index (χ0v) is 6.20. The van der Waals surface area contributed by atoms with E-state index in [2.05, 4.69) is 19.9 Å². The minimum atomic E-state index is 0.817. The maximum Gasteiger partial charge on any atom is 0.160 e. The van der Waals surface area contributed by atoms with Gasteiger partial charge < -0.3 is 4.98 Å². The van der Waals surface area contributed by atoms with Gasteiger partial charge in [0.25, 0.3) is 0 Å². The molecule has 2 aromatic rings. The van der Waals surface area contributed by atoms with Crippen LogP contribution in [0, 0.1) is 0 Å². The van der Waals surface area contributed by atoms with Crippen molar-refractivity contribution < 1.29 is 0 Å². The molecule has 0 aliphatic heterocycles. The van der Waals surface area contributed by atoms with Gasteiger partial charge in [0.05, 0.1) is 6.20 Å². The number of H-pyrrole nitrogens is 1. The third kappa shape index (κ3) is 0.960. The van der Waals surface area contributed by atoms with Gasteiger partial charge in [-0.1, -0.05) is 6.92 Å². The third-order valence-corrected chi connectivity index (χ3v) is 1.55. The standard InChI is InChI=1S/C7H8N4/c1-2-6-10-5-3-8-4-9-7(5)11-6/h3-4H,2H2,1H3,(H,8,9,10,11). The third-order valence-electron chi connectivity index (χ3n) is 1.55. The average molecular weight is 148 g/mol. The second-order valence-electron chi connectivity index (χ2n) is 2.29. The smallest absolute Gasteiger partial charge is 0.160 e. The van der Waals surface area contributed by atoms with Crippen molar-refractivity contribution in [2.45, 2.75) is 13.3 Å². The molecule has 0 aliphatic carbocycles. The van der Waals surface area contributed by atoms with Crippen LogP contribution in [0.4, 0.5) is 0 Å². The molecule has 4 nitrogen and oxygen atoms in total. The van der Waals surface area contributed by atoms with Gasteiger partial charge in [-0.25, -0.2) is 15.0 Å². The lowest BCUT2D eigenvalue weighted by molar-refractivity contribution is 0.997. The van der Waals surface area contributed by atoms with Crippen LogP contribution in [0.25, 0.3) is 11.2 Å². The van der Waals surface area contributed by atoms with Crippen LogP contribution in [-0.4, -0.2) is 19.9 Å². The maximum atomic E-state index is 4.25. The highest BCUT2D eigenvalue weighted by Gasteiger charge is 1.99. The predicted octanol–water partition coefficient (Wildman–Crippen LogP) is 0.915. The topological polar surface area (TPSA) is 54.5 Å². The minimum Gasteiger partial charge on any atom is -0.327 e. The van der Waals surface area contributed by atoms with Gasteiger partial charge in [0, 0.05) is 6.42 Å². The Morgan fingerprint density at radius 1 is 1.55 bits per heavy atom. The second kappa shape index (κ2) is 2.30. The molecule has 0 amide bonds. The molecule has 0 saturated heterocycles. The highest BCUT2D eigenvalue weighted by Crippen LogP contribution is 2.05. The van der Waals surface area contributed by atoms with E-state index in [1.54, 1.807) is 6.20 Å². The van der Waals surface area contributed by atoms with Crippen LogP contribution in [-0.2, 0) is 6.42 Å². The molecule has 0 atom stereocenters. The van der Waals surface area contributed by atoms with E-state index >= 15 is 0 Å². The van der Waals surface area contributed by atoms with Gasteiger partial charge in [-0.05, 0) is 0 Å². The van der Waals surface area contributed by atoms with E-state index in [1.807, 2.05) is 6.92 Å². The highest BCUT2D eigenvalue weighted by molar-refractivity contribution is 5.68. The van der Waals surface area contributed by atoms with Gasteiger partial charge in [-0.3, -0.25) is 0 Å². The number of aromatic nitrogens is 4. The Labute approximate surface area is 63.7 Å². The van der Waals surface area contributed by atoms with E-state index in [1.165, 1.54) is 6.33 Å². The Morgan fingerprint density at radius 2 is 2.45 bits per heavy atom. The first kappa shape index (κ1) is 6.27. The van der Waals surface area contributed by atoms with Crippen molar-refractivity contribution >= 4 is 11.2 Å².